The molecular weight excluding hydrogens is 402 g/mol. The van der Waals surface area contributed by atoms with E-state index < -0.39 is 41.0 Å². The summed E-state index contributed by atoms with van der Waals surface area (Å²) in [7, 11) is 0. The number of aromatic nitrogens is 4. The van der Waals surface area contributed by atoms with Crippen molar-refractivity contribution in [2.75, 3.05) is 0 Å². The van der Waals surface area contributed by atoms with Gasteiger partial charge in [-0.05, 0) is 5.56 Å². The molecule has 0 atom stereocenters. The maximum Gasteiger partial charge on any atom is 0.433 e. The van der Waals surface area contributed by atoms with Crippen LogP contribution in [-0.4, -0.2) is 19.9 Å². The highest BCUT2D eigenvalue weighted by molar-refractivity contribution is 5.34. The van der Waals surface area contributed by atoms with E-state index in [1.54, 1.807) is 30.3 Å². The zero-order chi connectivity index (χ0) is 21.1. The van der Waals surface area contributed by atoms with Crippen LogP contribution in [0.5, 0.6) is 0 Å². The number of hydrogen-bond donors (Lipinski definition) is 0. The lowest BCUT2D eigenvalue weighted by Crippen LogP contribution is -2.21. The quantitative estimate of drug-likeness (QED) is 0.571. The predicted molar refractivity (Wildman–Crippen MR) is 87.1 cm³/mol. The van der Waals surface area contributed by atoms with Crippen LogP contribution in [0.3, 0.4) is 0 Å². The molecule has 2 aromatic heterocycles. The Morgan fingerprint density at radius 2 is 1.24 bits per heavy atom. The molecule has 29 heavy (non-hydrogen) atoms. The molecule has 0 amide bonds. The topological polar surface area (TPSA) is 60.8 Å². The maximum atomic E-state index is 13.4. The number of alkyl halides is 6. The van der Waals surface area contributed by atoms with Crippen molar-refractivity contribution < 1.29 is 31.1 Å². The number of rotatable bonds is 5. The monoisotopic (exact) mass is 414 g/mol. The Kier molecular flexibility index (Phi) is 5.78. The molecule has 0 unspecified atom stereocenters. The summed E-state index contributed by atoms with van der Waals surface area (Å²) in [5.74, 6) is 0. The fraction of sp³-hybridized carbons (Fsp3) is 0.222. The molecule has 0 aliphatic heterocycles. The molecule has 0 radical (unpaired) electrons. The van der Waals surface area contributed by atoms with E-state index in [-0.39, 0.29) is 6.61 Å². The van der Waals surface area contributed by atoms with E-state index in [4.69, 9.17) is 4.74 Å². The molecule has 2 heterocycles. The van der Waals surface area contributed by atoms with Crippen molar-refractivity contribution in [2.45, 2.75) is 25.1 Å². The summed E-state index contributed by atoms with van der Waals surface area (Å²) in [6.45, 7) is -0.260. The zero-order valence-corrected chi connectivity index (χ0v) is 14.4. The highest BCUT2D eigenvalue weighted by atomic mass is 19.4. The third-order valence-electron chi connectivity index (χ3n) is 3.84. The molecular formula is C18H12F6N4O. The smallest absolute Gasteiger partial charge is 0.364 e. The van der Waals surface area contributed by atoms with Crippen LogP contribution in [0.15, 0.2) is 55.4 Å². The second-order valence-corrected chi connectivity index (χ2v) is 5.83. The molecule has 5 nitrogen and oxygen atoms in total. The van der Waals surface area contributed by atoms with Gasteiger partial charge in [0.05, 0.1) is 6.61 Å². The van der Waals surface area contributed by atoms with Gasteiger partial charge in [-0.25, -0.2) is 19.9 Å². The van der Waals surface area contributed by atoms with Crippen molar-refractivity contribution in [2.24, 2.45) is 0 Å². The molecule has 1 aromatic carbocycles. The first-order valence-corrected chi connectivity index (χ1v) is 8.07. The summed E-state index contributed by atoms with van der Waals surface area (Å²) >= 11 is 0. The van der Waals surface area contributed by atoms with Crippen molar-refractivity contribution in [1.82, 2.24) is 19.9 Å². The van der Waals surface area contributed by atoms with E-state index in [1.807, 2.05) is 0 Å². The Morgan fingerprint density at radius 1 is 0.759 bits per heavy atom. The highest BCUT2D eigenvalue weighted by Crippen LogP contribution is 2.40. The number of hydrogen-bond acceptors (Lipinski definition) is 5. The Hall–Kier alpha value is -3.08. The van der Waals surface area contributed by atoms with Crippen molar-refractivity contribution in [1.29, 1.82) is 0 Å². The Morgan fingerprint density at radius 3 is 1.69 bits per heavy atom. The molecule has 0 saturated heterocycles. The average molecular weight is 414 g/mol. The minimum absolute atomic E-state index is 0.260. The van der Waals surface area contributed by atoms with Gasteiger partial charge in [-0.1, -0.05) is 30.3 Å². The van der Waals surface area contributed by atoms with E-state index in [0.29, 0.717) is 18.2 Å². The van der Waals surface area contributed by atoms with Gasteiger partial charge in [-0.2, -0.15) is 26.3 Å². The largest absolute Gasteiger partial charge is 0.433 e. The van der Waals surface area contributed by atoms with Crippen molar-refractivity contribution in [3.63, 3.8) is 0 Å². The second kappa shape index (κ2) is 8.11. The summed E-state index contributed by atoms with van der Waals surface area (Å²) in [6, 6.07) is 8.27. The van der Waals surface area contributed by atoms with Crippen LogP contribution in [0.4, 0.5) is 26.3 Å². The van der Waals surface area contributed by atoms with Gasteiger partial charge >= 0.3 is 12.4 Å². The van der Waals surface area contributed by atoms with Crippen molar-refractivity contribution in [3.8, 4) is 0 Å². The van der Waals surface area contributed by atoms with Crippen LogP contribution in [0.1, 0.15) is 34.2 Å². The van der Waals surface area contributed by atoms with Crippen LogP contribution in [0.25, 0.3) is 0 Å². The summed E-state index contributed by atoms with van der Waals surface area (Å²) in [6.07, 6.45) is -8.79. The van der Waals surface area contributed by atoms with Gasteiger partial charge in [0.25, 0.3) is 0 Å². The summed E-state index contributed by atoms with van der Waals surface area (Å²) in [5.41, 5.74) is -3.59. The normalized spacial score (nSPS) is 12.4. The molecule has 152 valence electrons. The van der Waals surface area contributed by atoms with E-state index in [2.05, 4.69) is 19.9 Å². The third-order valence-corrected chi connectivity index (χ3v) is 3.84. The summed E-state index contributed by atoms with van der Waals surface area (Å²) in [4.78, 5) is 13.5. The van der Waals surface area contributed by atoms with Crippen LogP contribution < -0.4 is 0 Å². The maximum absolute atomic E-state index is 13.4. The van der Waals surface area contributed by atoms with E-state index >= 15 is 0 Å². The fourth-order valence-electron chi connectivity index (χ4n) is 2.64. The number of halogens is 6. The first-order valence-electron chi connectivity index (χ1n) is 8.07. The Balaban J connectivity index is 2.12. The molecule has 11 heteroatoms. The first-order chi connectivity index (χ1) is 13.7. The predicted octanol–water partition coefficient (Wildman–Crippen LogP) is 4.61. The number of nitrogens with zero attached hydrogens (tertiary/aromatic N) is 4. The van der Waals surface area contributed by atoms with Gasteiger partial charge in [-0.3, -0.25) is 0 Å². The van der Waals surface area contributed by atoms with Gasteiger partial charge < -0.3 is 4.74 Å². The first kappa shape index (κ1) is 20.6. The van der Waals surface area contributed by atoms with E-state index in [1.165, 1.54) is 0 Å². The average Bonchev–Trinajstić information content (AvgIpc) is 2.68. The molecule has 0 N–H and O–H groups in total. The lowest BCUT2D eigenvalue weighted by Gasteiger charge is -2.23. The standard InChI is InChI=1S/C18H12F6N4O/c19-17(20,21)15-12(6-25-9-27-15)14(29-8-11-4-2-1-3-5-11)13-7-26-10-28-16(13)18(22,23)24/h1-7,9-10,14H,8H2. The molecule has 0 saturated carbocycles. The minimum Gasteiger partial charge on any atom is -0.364 e. The van der Waals surface area contributed by atoms with Crippen LogP contribution in [-0.2, 0) is 23.7 Å². The third kappa shape index (κ3) is 4.86. The van der Waals surface area contributed by atoms with Gasteiger partial charge in [0.1, 0.15) is 18.8 Å². The van der Waals surface area contributed by atoms with Crippen molar-refractivity contribution in [3.05, 3.63) is 83.5 Å². The lowest BCUT2D eigenvalue weighted by atomic mass is 10.00. The number of benzene rings is 1. The lowest BCUT2D eigenvalue weighted by molar-refractivity contribution is -0.144. The second-order valence-electron chi connectivity index (χ2n) is 5.83. The van der Waals surface area contributed by atoms with Crippen LogP contribution in [0, 0.1) is 0 Å². The molecule has 0 fully saturated rings. The molecule has 0 aliphatic carbocycles. The fourth-order valence-corrected chi connectivity index (χ4v) is 2.64. The van der Waals surface area contributed by atoms with Crippen LogP contribution in [0.2, 0.25) is 0 Å². The Bertz CT molecular complexity index is 905. The van der Waals surface area contributed by atoms with Gasteiger partial charge in [0, 0.05) is 23.5 Å². The van der Waals surface area contributed by atoms with Gasteiger partial charge in [-0.15, -0.1) is 0 Å². The molecule has 0 spiro atoms. The van der Waals surface area contributed by atoms with E-state index in [0.717, 1.165) is 12.4 Å². The molecule has 3 aromatic rings. The van der Waals surface area contributed by atoms with Crippen LogP contribution >= 0.6 is 0 Å². The zero-order valence-electron chi connectivity index (χ0n) is 14.4. The van der Waals surface area contributed by atoms with E-state index in [9.17, 15) is 26.3 Å². The SMILES string of the molecule is FC(F)(F)c1ncncc1C(OCc1ccccc1)c1cncnc1C(F)(F)F. The molecule has 3 rings (SSSR count). The van der Waals surface area contributed by atoms with Gasteiger partial charge in [0.2, 0.25) is 0 Å². The summed E-state index contributed by atoms with van der Waals surface area (Å²) in [5, 5.41) is 0. The summed E-state index contributed by atoms with van der Waals surface area (Å²) < 4.78 is 86.0. The van der Waals surface area contributed by atoms with Crippen molar-refractivity contribution >= 4 is 0 Å². The molecule has 0 bridgehead atoms. The number of ether oxygens (including phenoxy) is 1. The highest BCUT2D eigenvalue weighted by Gasteiger charge is 2.42. The Labute approximate surface area is 160 Å². The minimum atomic E-state index is -4.93. The van der Waals surface area contributed by atoms with Gasteiger partial charge in [0.15, 0.2) is 11.4 Å². The molecule has 0 aliphatic rings.